The third kappa shape index (κ3) is 7.89. The van der Waals surface area contributed by atoms with Gasteiger partial charge in [-0.25, -0.2) is 4.79 Å². The zero-order chi connectivity index (χ0) is 31.1. The number of hydrogen-bond donors (Lipinski definition) is 0. The van der Waals surface area contributed by atoms with E-state index in [4.69, 9.17) is 4.74 Å². The number of benzene rings is 5. The monoisotopic (exact) mass is 586 g/mol. The summed E-state index contributed by atoms with van der Waals surface area (Å²) in [4.78, 5) is 13.1. The van der Waals surface area contributed by atoms with Crippen molar-refractivity contribution in [3.63, 3.8) is 0 Å². The molecule has 0 aliphatic heterocycles. The largest absolute Gasteiger partial charge is 0.423 e. The van der Waals surface area contributed by atoms with E-state index in [1.807, 2.05) is 12.1 Å². The summed E-state index contributed by atoms with van der Waals surface area (Å²) in [7, 11) is 0. The van der Waals surface area contributed by atoms with Crippen molar-refractivity contribution in [1.82, 2.24) is 0 Å². The summed E-state index contributed by atoms with van der Waals surface area (Å²) in [5.74, 6) is 2.72. The van der Waals surface area contributed by atoms with Crippen molar-refractivity contribution < 1.29 is 9.53 Å². The standard InChI is InChI=1S/C42H50O2/c1-29(2)12-8-13-30(3)14-9-15-31(4)16-10-17-32(5)28-41(43)44-40-21-11-19-34-23-25-38-37-24-22-33-18-6-7-20-35(33)36(37)26-27-39(38)42(34)40/h6-7,11,18-31H,8-10,12-17H2,1-5H3/b32-28+/t30-,31-/m1/s1. The zero-order valence-electron chi connectivity index (χ0n) is 27.5. The van der Waals surface area contributed by atoms with E-state index in [2.05, 4.69) is 101 Å². The minimum Gasteiger partial charge on any atom is -0.423 e. The van der Waals surface area contributed by atoms with Gasteiger partial charge in [0.1, 0.15) is 5.75 Å². The van der Waals surface area contributed by atoms with Gasteiger partial charge in [-0.3, -0.25) is 0 Å². The summed E-state index contributed by atoms with van der Waals surface area (Å²) in [6.45, 7) is 11.5. The summed E-state index contributed by atoms with van der Waals surface area (Å²) in [5, 5.41) is 9.28. The maximum absolute atomic E-state index is 13.1. The van der Waals surface area contributed by atoms with E-state index in [0.29, 0.717) is 5.75 Å². The van der Waals surface area contributed by atoms with Crippen LogP contribution in [0.3, 0.4) is 0 Å². The first-order chi connectivity index (χ1) is 21.3. The van der Waals surface area contributed by atoms with E-state index in [1.165, 1.54) is 71.9 Å². The molecule has 0 saturated carbocycles. The number of esters is 1. The topological polar surface area (TPSA) is 26.3 Å². The van der Waals surface area contributed by atoms with Gasteiger partial charge >= 0.3 is 5.97 Å². The number of allylic oxidation sites excluding steroid dienone is 1. The molecule has 2 heteroatoms. The second-order valence-electron chi connectivity index (χ2n) is 13.7. The highest BCUT2D eigenvalue weighted by Gasteiger charge is 2.13. The second kappa shape index (κ2) is 14.9. The highest BCUT2D eigenvalue weighted by atomic mass is 16.5. The third-order valence-corrected chi connectivity index (χ3v) is 9.44. The third-order valence-electron chi connectivity index (χ3n) is 9.44. The van der Waals surface area contributed by atoms with E-state index in [9.17, 15) is 4.79 Å². The Morgan fingerprint density at radius 3 is 1.93 bits per heavy atom. The molecule has 0 spiro atoms. The lowest BCUT2D eigenvalue weighted by molar-refractivity contribution is -0.128. The fourth-order valence-electron chi connectivity index (χ4n) is 6.86. The zero-order valence-corrected chi connectivity index (χ0v) is 27.5. The Bertz CT molecular complexity index is 1760. The first kappa shape index (κ1) is 31.8. The van der Waals surface area contributed by atoms with Crippen molar-refractivity contribution in [1.29, 1.82) is 0 Å². The van der Waals surface area contributed by atoms with Crippen LogP contribution in [-0.4, -0.2) is 5.97 Å². The van der Waals surface area contributed by atoms with Gasteiger partial charge in [-0.15, -0.1) is 0 Å². The lowest BCUT2D eigenvalue weighted by atomic mass is 9.91. The fraction of sp³-hybridized carbons (Fsp3) is 0.405. The molecule has 0 N–H and O–H groups in total. The Morgan fingerprint density at radius 2 is 1.18 bits per heavy atom. The number of fused-ring (bicyclic) bond motifs is 7. The molecular formula is C42H50O2. The van der Waals surface area contributed by atoms with Crippen molar-refractivity contribution in [3.05, 3.63) is 90.5 Å². The van der Waals surface area contributed by atoms with Crippen LogP contribution in [-0.2, 0) is 4.79 Å². The molecule has 2 nitrogen and oxygen atoms in total. The quantitative estimate of drug-likeness (QED) is 0.0560. The summed E-state index contributed by atoms with van der Waals surface area (Å²) in [6.07, 6.45) is 13.0. The molecule has 0 bridgehead atoms. The van der Waals surface area contributed by atoms with Crippen LogP contribution in [0.4, 0.5) is 0 Å². The summed E-state index contributed by atoms with van der Waals surface area (Å²) in [6, 6.07) is 27.6. The Kier molecular flexibility index (Phi) is 10.7. The van der Waals surface area contributed by atoms with Gasteiger partial charge in [0.25, 0.3) is 0 Å². The van der Waals surface area contributed by atoms with Gasteiger partial charge in [-0.2, -0.15) is 0 Å². The van der Waals surface area contributed by atoms with Gasteiger partial charge in [0, 0.05) is 11.5 Å². The predicted octanol–water partition coefficient (Wildman–Crippen LogP) is 12.6. The molecule has 5 rings (SSSR count). The smallest absolute Gasteiger partial charge is 0.336 e. The Balaban J connectivity index is 1.20. The van der Waals surface area contributed by atoms with Gasteiger partial charge in [0.2, 0.25) is 0 Å². The molecular weight excluding hydrogens is 536 g/mol. The maximum Gasteiger partial charge on any atom is 0.336 e. The highest BCUT2D eigenvalue weighted by molar-refractivity contribution is 6.23. The van der Waals surface area contributed by atoms with Crippen LogP contribution in [0.2, 0.25) is 0 Å². The predicted molar refractivity (Wildman–Crippen MR) is 191 cm³/mol. The SMILES string of the molecule is C/C(=C\C(=O)Oc1cccc2ccc3c4ccc5ccccc5c4ccc3c12)CCC[C@H](C)CCC[C@H](C)CCCC(C)C. The van der Waals surface area contributed by atoms with Crippen LogP contribution >= 0.6 is 0 Å². The fourth-order valence-corrected chi connectivity index (χ4v) is 6.86. The number of carbonyl (C=O) groups is 1. The van der Waals surface area contributed by atoms with Crippen molar-refractivity contribution in [2.75, 3.05) is 0 Å². The lowest BCUT2D eigenvalue weighted by Gasteiger charge is -2.15. The van der Waals surface area contributed by atoms with E-state index >= 15 is 0 Å². The van der Waals surface area contributed by atoms with Crippen LogP contribution in [0.1, 0.15) is 92.4 Å². The molecule has 0 amide bonds. The lowest BCUT2D eigenvalue weighted by Crippen LogP contribution is -2.05. The summed E-state index contributed by atoms with van der Waals surface area (Å²) in [5.41, 5.74) is 1.09. The first-order valence-electron chi connectivity index (χ1n) is 16.9. The van der Waals surface area contributed by atoms with E-state index in [1.54, 1.807) is 6.08 Å². The first-order valence-corrected chi connectivity index (χ1v) is 16.9. The van der Waals surface area contributed by atoms with Gasteiger partial charge in [-0.05, 0) is 81.3 Å². The molecule has 0 aromatic heterocycles. The average Bonchev–Trinajstić information content (AvgIpc) is 3.00. The van der Waals surface area contributed by atoms with E-state index < -0.39 is 0 Å². The maximum atomic E-state index is 13.1. The number of carbonyl (C=O) groups excluding carboxylic acids is 1. The molecule has 2 atom stereocenters. The van der Waals surface area contributed by atoms with Crippen molar-refractivity contribution >= 4 is 49.1 Å². The summed E-state index contributed by atoms with van der Waals surface area (Å²) >= 11 is 0. The number of hydrogen-bond acceptors (Lipinski definition) is 2. The Hall–Kier alpha value is -3.65. The van der Waals surface area contributed by atoms with Crippen molar-refractivity contribution in [3.8, 4) is 5.75 Å². The van der Waals surface area contributed by atoms with Crippen LogP contribution in [0.5, 0.6) is 5.75 Å². The molecule has 44 heavy (non-hydrogen) atoms. The van der Waals surface area contributed by atoms with Crippen LogP contribution in [0.15, 0.2) is 90.5 Å². The van der Waals surface area contributed by atoms with Crippen LogP contribution in [0, 0.1) is 17.8 Å². The molecule has 0 heterocycles. The van der Waals surface area contributed by atoms with Crippen molar-refractivity contribution in [2.24, 2.45) is 17.8 Å². The summed E-state index contributed by atoms with van der Waals surface area (Å²) < 4.78 is 6.02. The van der Waals surface area contributed by atoms with E-state index in [0.717, 1.165) is 52.3 Å². The van der Waals surface area contributed by atoms with Crippen LogP contribution in [0.25, 0.3) is 43.1 Å². The molecule has 230 valence electrons. The van der Waals surface area contributed by atoms with Gasteiger partial charge in [-0.1, -0.05) is 151 Å². The van der Waals surface area contributed by atoms with Crippen LogP contribution < -0.4 is 4.74 Å². The molecule has 0 saturated heterocycles. The minimum absolute atomic E-state index is 0.293. The van der Waals surface area contributed by atoms with Crippen molar-refractivity contribution in [2.45, 2.75) is 92.4 Å². The number of ether oxygens (including phenoxy) is 1. The highest BCUT2D eigenvalue weighted by Crippen LogP contribution is 2.38. The van der Waals surface area contributed by atoms with Gasteiger partial charge in [0.05, 0.1) is 0 Å². The molecule has 5 aromatic carbocycles. The average molecular weight is 587 g/mol. The Morgan fingerprint density at radius 1 is 0.614 bits per heavy atom. The molecule has 0 aliphatic carbocycles. The second-order valence-corrected chi connectivity index (χ2v) is 13.7. The Labute approximate surface area is 264 Å². The molecule has 0 aliphatic rings. The minimum atomic E-state index is -0.293. The van der Waals surface area contributed by atoms with Gasteiger partial charge in [0.15, 0.2) is 0 Å². The van der Waals surface area contributed by atoms with Gasteiger partial charge < -0.3 is 4.74 Å². The normalized spacial score (nSPS) is 13.7. The molecule has 0 fully saturated rings. The number of rotatable bonds is 14. The van der Waals surface area contributed by atoms with E-state index in [-0.39, 0.29) is 5.97 Å². The molecule has 0 radical (unpaired) electrons. The molecule has 0 unspecified atom stereocenters. The molecule has 5 aromatic rings.